The average Bonchev–Trinajstić information content (AvgIpc) is 2.38. The lowest BCUT2D eigenvalue weighted by atomic mass is 10.2. The Morgan fingerprint density at radius 1 is 0.941 bits per heavy atom. The molecule has 1 aromatic carbocycles. The van der Waals surface area contributed by atoms with Crippen molar-refractivity contribution >= 4 is 12.1 Å². The van der Waals surface area contributed by atoms with Crippen LogP contribution in [0.3, 0.4) is 0 Å². The SMILES string of the molecule is CNC(=O)NC(NC(=O)NC)c1ccccc1. The van der Waals surface area contributed by atoms with Gasteiger partial charge >= 0.3 is 12.1 Å². The lowest BCUT2D eigenvalue weighted by Gasteiger charge is -2.20. The Bertz CT molecular complexity index is 362. The van der Waals surface area contributed by atoms with E-state index in [0.717, 1.165) is 5.56 Å². The maximum atomic E-state index is 11.3. The molecular formula is C11H16N4O2. The third-order valence-electron chi connectivity index (χ3n) is 2.14. The summed E-state index contributed by atoms with van der Waals surface area (Å²) in [5.74, 6) is 0. The van der Waals surface area contributed by atoms with E-state index in [1.165, 1.54) is 14.1 Å². The van der Waals surface area contributed by atoms with Crippen LogP contribution in [0.2, 0.25) is 0 Å². The van der Waals surface area contributed by atoms with Gasteiger partial charge in [0.25, 0.3) is 0 Å². The van der Waals surface area contributed by atoms with Gasteiger partial charge in [-0.15, -0.1) is 0 Å². The van der Waals surface area contributed by atoms with Crippen LogP contribution >= 0.6 is 0 Å². The fourth-order valence-corrected chi connectivity index (χ4v) is 1.25. The molecule has 1 aromatic rings. The van der Waals surface area contributed by atoms with E-state index in [1.807, 2.05) is 30.3 Å². The predicted octanol–water partition coefficient (Wildman–Crippen LogP) is 0.543. The zero-order valence-electron chi connectivity index (χ0n) is 9.78. The lowest BCUT2D eigenvalue weighted by molar-refractivity contribution is 0.228. The highest BCUT2D eigenvalue weighted by Gasteiger charge is 2.15. The summed E-state index contributed by atoms with van der Waals surface area (Å²) in [6.07, 6.45) is -0.573. The number of benzene rings is 1. The Kier molecular flexibility index (Phi) is 4.80. The lowest BCUT2D eigenvalue weighted by Crippen LogP contribution is -2.46. The van der Waals surface area contributed by atoms with Crippen LogP contribution in [0.15, 0.2) is 30.3 Å². The van der Waals surface area contributed by atoms with Crippen LogP contribution in [-0.2, 0) is 0 Å². The van der Waals surface area contributed by atoms with Crippen molar-refractivity contribution in [1.29, 1.82) is 0 Å². The molecule has 0 aliphatic rings. The summed E-state index contributed by atoms with van der Waals surface area (Å²) in [4.78, 5) is 22.5. The summed E-state index contributed by atoms with van der Waals surface area (Å²) in [6.45, 7) is 0. The molecule has 0 saturated carbocycles. The molecule has 0 saturated heterocycles. The van der Waals surface area contributed by atoms with Crippen molar-refractivity contribution < 1.29 is 9.59 Å². The molecule has 0 unspecified atom stereocenters. The second-order valence-corrected chi connectivity index (χ2v) is 3.29. The first-order chi connectivity index (χ1) is 8.17. The van der Waals surface area contributed by atoms with Crippen molar-refractivity contribution in [2.24, 2.45) is 0 Å². The van der Waals surface area contributed by atoms with Crippen LogP contribution in [0.4, 0.5) is 9.59 Å². The molecule has 0 bridgehead atoms. The van der Waals surface area contributed by atoms with Crippen molar-refractivity contribution in [3.05, 3.63) is 35.9 Å². The van der Waals surface area contributed by atoms with Gasteiger partial charge in [-0.2, -0.15) is 0 Å². The highest BCUT2D eigenvalue weighted by molar-refractivity contribution is 5.77. The van der Waals surface area contributed by atoms with Crippen molar-refractivity contribution in [2.45, 2.75) is 6.17 Å². The molecule has 4 N–H and O–H groups in total. The molecule has 0 radical (unpaired) electrons. The molecule has 6 heteroatoms. The van der Waals surface area contributed by atoms with Gasteiger partial charge in [-0.3, -0.25) is 0 Å². The summed E-state index contributed by atoms with van der Waals surface area (Å²) in [5.41, 5.74) is 0.791. The van der Waals surface area contributed by atoms with Gasteiger partial charge < -0.3 is 21.3 Å². The number of hydrogen-bond acceptors (Lipinski definition) is 2. The van der Waals surface area contributed by atoms with E-state index in [-0.39, 0.29) is 12.1 Å². The quantitative estimate of drug-likeness (QED) is 0.578. The van der Waals surface area contributed by atoms with Crippen LogP contribution in [0.25, 0.3) is 0 Å². The highest BCUT2D eigenvalue weighted by atomic mass is 16.2. The smallest absolute Gasteiger partial charge is 0.316 e. The summed E-state index contributed by atoms with van der Waals surface area (Å²) < 4.78 is 0. The molecule has 4 amide bonds. The molecule has 1 rings (SSSR count). The Labute approximate surface area is 99.8 Å². The first kappa shape index (κ1) is 12.8. The van der Waals surface area contributed by atoms with Crippen LogP contribution in [0.1, 0.15) is 11.7 Å². The number of carbonyl (C=O) groups is 2. The second kappa shape index (κ2) is 6.37. The number of rotatable bonds is 3. The number of hydrogen-bond donors (Lipinski definition) is 4. The normalized spacial score (nSPS) is 9.59. The van der Waals surface area contributed by atoms with Crippen molar-refractivity contribution in [2.75, 3.05) is 14.1 Å². The first-order valence-corrected chi connectivity index (χ1v) is 5.18. The maximum absolute atomic E-state index is 11.3. The number of urea groups is 2. The summed E-state index contributed by atoms with van der Waals surface area (Å²) in [7, 11) is 3.02. The Balaban J connectivity index is 2.79. The highest BCUT2D eigenvalue weighted by Crippen LogP contribution is 2.08. The third kappa shape index (κ3) is 4.02. The zero-order chi connectivity index (χ0) is 12.7. The number of amides is 4. The van der Waals surface area contributed by atoms with Gasteiger partial charge in [0, 0.05) is 14.1 Å². The Morgan fingerprint density at radius 2 is 1.41 bits per heavy atom. The van der Waals surface area contributed by atoms with Crippen molar-refractivity contribution in [1.82, 2.24) is 21.3 Å². The minimum absolute atomic E-state index is 0.366. The molecule has 0 spiro atoms. The third-order valence-corrected chi connectivity index (χ3v) is 2.14. The maximum Gasteiger partial charge on any atom is 0.316 e. The van der Waals surface area contributed by atoms with Crippen LogP contribution in [-0.4, -0.2) is 26.2 Å². The standard InChI is InChI=1S/C11H16N4O2/c1-12-10(16)14-9(15-11(17)13-2)8-6-4-3-5-7-8/h3-7,9H,1-2H3,(H2,12,14,16)(H2,13,15,17). The van der Waals surface area contributed by atoms with E-state index >= 15 is 0 Å². The Morgan fingerprint density at radius 3 is 1.82 bits per heavy atom. The average molecular weight is 236 g/mol. The van der Waals surface area contributed by atoms with E-state index in [1.54, 1.807) is 0 Å². The molecular weight excluding hydrogens is 220 g/mol. The van der Waals surface area contributed by atoms with Crippen LogP contribution in [0.5, 0.6) is 0 Å². The van der Waals surface area contributed by atoms with Gasteiger partial charge in [-0.25, -0.2) is 9.59 Å². The van der Waals surface area contributed by atoms with Crippen LogP contribution < -0.4 is 21.3 Å². The van der Waals surface area contributed by atoms with Gasteiger partial charge in [-0.1, -0.05) is 30.3 Å². The molecule has 0 aromatic heterocycles. The number of nitrogens with one attached hydrogen (secondary N) is 4. The molecule has 0 aliphatic carbocycles. The van der Waals surface area contributed by atoms with Gasteiger partial charge in [-0.05, 0) is 5.56 Å². The summed E-state index contributed by atoms with van der Waals surface area (Å²) in [5, 5.41) is 10.1. The molecule has 17 heavy (non-hydrogen) atoms. The van der Waals surface area contributed by atoms with E-state index in [2.05, 4.69) is 21.3 Å². The fourth-order valence-electron chi connectivity index (χ4n) is 1.25. The fraction of sp³-hybridized carbons (Fsp3) is 0.273. The molecule has 0 fully saturated rings. The van der Waals surface area contributed by atoms with E-state index in [4.69, 9.17) is 0 Å². The van der Waals surface area contributed by atoms with Gasteiger partial charge in [0.15, 0.2) is 0 Å². The largest absolute Gasteiger partial charge is 0.341 e. The van der Waals surface area contributed by atoms with Gasteiger partial charge in [0.2, 0.25) is 0 Å². The van der Waals surface area contributed by atoms with E-state index in [0.29, 0.717) is 0 Å². The van der Waals surface area contributed by atoms with Crippen molar-refractivity contribution in [3.8, 4) is 0 Å². The molecule has 92 valence electrons. The summed E-state index contributed by atoms with van der Waals surface area (Å²) >= 11 is 0. The zero-order valence-corrected chi connectivity index (χ0v) is 9.78. The molecule has 0 aliphatic heterocycles. The second-order valence-electron chi connectivity index (χ2n) is 3.29. The minimum atomic E-state index is -0.573. The summed E-state index contributed by atoms with van der Waals surface area (Å²) in [6, 6.07) is 8.43. The number of carbonyl (C=O) groups excluding carboxylic acids is 2. The molecule has 6 nitrogen and oxygen atoms in total. The minimum Gasteiger partial charge on any atom is -0.341 e. The van der Waals surface area contributed by atoms with Gasteiger partial charge in [0.05, 0.1) is 0 Å². The monoisotopic (exact) mass is 236 g/mol. The van der Waals surface area contributed by atoms with Crippen LogP contribution in [0, 0.1) is 0 Å². The van der Waals surface area contributed by atoms with Gasteiger partial charge in [0.1, 0.15) is 6.17 Å². The van der Waals surface area contributed by atoms with E-state index < -0.39 is 6.17 Å². The van der Waals surface area contributed by atoms with E-state index in [9.17, 15) is 9.59 Å². The molecule has 0 heterocycles. The van der Waals surface area contributed by atoms with Crippen molar-refractivity contribution in [3.63, 3.8) is 0 Å². The predicted molar refractivity (Wildman–Crippen MR) is 64.4 cm³/mol. The Hall–Kier alpha value is -2.24. The molecule has 0 atom stereocenters. The first-order valence-electron chi connectivity index (χ1n) is 5.18. The topological polar surface area (TPSA) is 82.3 Å².